The number of carbonyl (C=O) groups is 1. The van der Waals surface area contributed by atoms with E-state index in [1.807, 2.05) is 4.90 Å². The van der Waals surface area contributed by atoms with Gasteiger partial charge in [-0.2, -0.15) is 0 Å². The maximum atomic E-state index is 11.4. The van der Waals surface area contributed by atoms with E-state index in [1.54, 1.807) is 6.92 Å². The highest BCUT2D eigenvalue weighted by atomic mass is 16.2. The molecule has 3 nitrogen and oxygen atoms in total. The van der Waals surface area contributed by atoms with Crippen LogP contribution in [-0.4, -0.2) is 48.4 Å². The van der Waals surface area contributed by atoms with Gasteiger partial charge in [0.05, 0.1) is 0 Å². The first-order chi connectivity index (χ1) is 8.74. The van der Waals surface area contributed by atoms with E-state index in [2.05, 4.69) is 11.8 Å². The van der Waals surface area contributed by atoms with Crippen molar-refractivity contribution in [3.63, 3.8) is 0 Å². The predicted octanol–water partition coefficient (Wildman–Crippen LogP) is 2.90. The molecule has 0 atom stereocenters. The van der Waals surface area contributed by atoms with Crippen LogP contribution in [0.4, 0.5) is 0 Å². The molecule has 106 valence electrons. The van der Waals surface area contributed by atoms with Gasteiger partial charge in [0.15, 0.2) is 0 Å². The van der Waals surface area contributed by atoms with E-state index in [0.29, 0.717) is 0 Å². The third-order valence-corrected chi connectivity index (χ3v) is 3.83. The number of amides is 1. The van der Waals surface area contributed by atoms with E-state index >= 15 is 0 Å². The van der Waals surface area contributed by atoms with E-state index in [-0.39, 0.29) is 5.91 Å². The van der Waals surface area contributed by atoms with Gasteiger partial charge in [-0.15, -0.1) is 0 Å². The summed E-state index contributed by atoms with van der Waals surface area (Å²) in [6.45, 7) is 9.63. The number of carbonyl (C=O) groups excluding carboxylic acids is 1. The first-order valence-corrected chi connectivity index (χ1v) is 7.72. The molecule has 0 spiro atoms. The summed E-state index contributed by atoms with van der Waals surface area (Å²) in [5.74, 6) is 0.239. The Hall–Kier alpha value is -0.570. The molecule has 0 unspecified atom stereocenters. The van der Waals surface area contributed by atoms with Crippen LogP contribution in [0.3, 0.4) is 0 Å². The van der Waals surface area contributed by atoms with Gasteiger partial charge in [0, 0.05) is 20.0 Å². The van der Waals surface area contributed by atoms with Gasteiger partial charge in [0.25, 0.3) is 0 Å². The summed E-state index contributed by atoms with van der Waals surface area (Å²) >= 11 is 0. The second-order valence-electron chi connectivity index (χ2n) is 5.47. The number of rotatable bonds is 9. The number of likely N-dealkylation sites (tertiary alicyclic amines) is 1. The number of unbranched alkanes of at least 4 members (excludes halogenated alkanes) is 3. The van der Waals surface area contributed by atoms with Crippen molar-refractivity contribution in [3.8, 4) is 0 Å². The summed E-state index contributed by atoms with van der Waals surface area (Å²) < 4.78 is 0. The molecule has 1 saturated heterocycles. The molecule has 0 bridgehead atoms. The van der Waals surface area contributed by atoms with Crippen molar-refractivity contribution < 1.29 is 4.79 Å². The first kappa shape index (κ1) is 15.5. The van der Waals surface area contributed by atoms with Crippen molar-refractivity contribution in [2.24, 2.45) is 0 Å². The predicted molar refractivity (Wildman–Crippen MR) is 76.7 cm³/mol. The summed E-state index contributed by atoms with van der Waals surface area (Å²) in [5.41, 5.74) is 0. The van der Waals surface area contributed by atoms with Gasteiger partial charge in [-0.3, -0.25) is 4.79 Å². The lowest BCUT2D eigenvalue weighted by molar-refractivity contribution is -0.129. The monoisotopic (exact) mass is 254 g/mol. The molecular formula is C15H30N2O. The Balaban J connectivity index is 2.01. The third-order valence-electron chi connectivity index (χ3n) is 3.83. The molecular weight excluding hydrogens is 224 g/mol. The highest BCUT2D eigenvalue weighted by molar-refractivity contribution is 5.73. The van der Waals surface area contributed by atoms with E-state index in [9.17, 15) is 4.79 Å². The fraction of sp³-hybridized carbons (Fsp3) is 0.933. The Bertz CT molecular complexity index is 225. The molecule has 0 aliphatic carbocycles. The molecule has 1 aliphatic rings. The Morgan fingerprint density at radius 1 is 1.06 bits per heavy atom. The van der Waals surface area contributed by atoms with Crippen LogP contribution >= 0.6 is 0 Å². The SMILES string of the molecule is CCCCN(CCCCCN1CCCC1)C(C)=O. The zero-order valence-electron chi connectivity index (χ0n) is 12.3. The minimum absolute atomic E-state index is 0.239. The number of nitrogens with zero attached hydrogens (tertiary/aromatic N) is 2. The van der Waals surface area contributed by atoms with Crippen molar-refractivity contribution in [1.29, 1.82) is 0 Å². The van der Waals surface area contributed by atoms with Crippen LogP contribution in [0, 0.1) is 0 Å². The van der Waals surface area contributed by atoms with Gasteiger partial charge >= 0.3 is 0 Å². The Kier molecular flexibility index (Phi) is 8.06. The standard InChI is InChI=1S/C15H30N2O/c1-3-4-13-17(15(2)18)14-7-5-6-10-16-11-8-9-12-16/h3-14H2,1-2H3. The minimum Gasteiger partial charge on any atom is -0.343 e. The maximum Gasteiger partial charge on any atom is 0.219 e. The molecule has 1 fully saturated rings. The van der Waals surface area contributed by atoms with Crippen LogP contribution in [0.5, 0.6) is 0 Å². The molecule has 18 heavy (non-hydrogen) atoms. The van der Waals surface area contributed by atoms with E-state index < -0.39 is 0 Å². The minimum atomic E-state index is 0.239. The molecule has 3 heteroatoms. The lowest BCUT2D eigenvalue weighted by Crippen LogP contribution is -2.30. The van der Waals surface area contributed by atoms with Crippen LogP contribution < -0.4 is 0 Å². The van der Waals surface area contributed by atoms with Crippen LogP contribution in [-0.2, 0) is 4.79 Å². The van der Waals surface area contributed by atoms with Crippen molar-refractivity contribution in [2.75, 3.05) is 32.7 Å². The molecule has 1 aliphatic heterocycles. The highest BCUT2D eigenvalue weighted by Crippen LogP contribution is 2.09. The summed E-state index contributed by atoms with van der Waals surface area (Å²) in [7, 11) is 0. The van der Waals surface area contributed by atoms with E-state index in [4.69, 9.17) is 0 Å². The third kappa shape index (κ3) is 6.39. The Morgan fingerprint density at radius 2 is 1.72 bits per heavy atom. The normalized spacial score (nSPS) is 16.1. The zero-order valence-corrected chi connectivity index (χ0v) is 12.3. The van der Waals surface area contributed by atoms with Crippen molar-refractivity contribution >= 4 is 5.91 Å². The van der Waals surface area contributed by atoms with Crippen molar-refractivity contribution in [3.05, 3.63) is 0 Å². The number of hydrogen-bond acceptors (Lipinski definition) is 2. The smallest absolute Gasteiger partial charge is 0.219 e. The Labute approximate surface area is 113 Å². The largest absolute Gasteiger partial charge is 0.343 e. The summed E-state index contributed by atoms with van der Waals surface area (Å²) in [6.07, 6.45) is 8.78. The second kappa shape index (κ2) is 9.37. The van der Waals surface area contributed by atoms with Gasteiger partial charge in [-0.1, -0.05) is 19.8 Å². The van der Waals surface area contributed by atoms with Crippen LogP contribution in [0.2, 0.25) is 0 Å². The van der Waals surface area contributed by atoms with Gasteiger partial charge in [-0.25, -0.2) is 0 Å². The molecule has 0 aromatic carbocycles. The van der Waals surface area contributed by atoms with Gasteiger partial charge < -0.3 is 9.80 Å². The highest BCUT2D eigenvalue weighted by Gasteiger charge is 2.11. The lowest BCUT2D eigenvalue weighted by atomic mass is 10.2. The van der Waals surface area contributed by atoms with Crippen molar-refractivity contribution in [1.82, 2.24) is 9.80 Å². The van der Waals surface area contributed by atoms with E-state index in [1.165, 1.54) is 51.7 Å². The lowest BCUT2D eigenvalue weighted by Gasteiger charge is -2.21. The molecule has 1 rings (SSSR count). The quantitative estimate of drug-likeness (QED) is 0.591. The Morgan fingerprint density at radius 3 is 2.33 bits per heavy atom. The first-order valence-electron chi connectivity index (χ1n) is 7.72. The maximum absolute atomic E-state index is 11.4. The van der Waals surface area contributed by atoms with Crippen LogP contribution in [0.25, 0.3) is 0 Å². The molecule has 0 aromatic rings. The zero-order chi connectivity index (χ0) is 13.2. The average molecular weight is 254 g/mol. The van der Waals surface area contributed by atoms with Gasteiger partial charge in [0.1, 0.15) is 0 Å². The fourth-order valence-electron chi connectivity index (χ4n) is 2.60. The van der Waals surface area contributed by atoms with Crippen molar-refractivity contribution in [2.45, 2.75) is 58.8 Å². The van der Waals surface area contributed by atoms with Gasteiger partial charge in [0.2, 0.25) is 5.91 Å². The summed E-state index contributed by atoms with van der Waals surface area (Å²) in [6, 6.07) is 0. The molecule has 0 saturated carbocycles. The van der Waals surface area contributed by atoms with Gasteiger partial charge in [-0.05, 0) is 51.7 Å². The van der Waals surface area contributed by atoms with E-state index in [0.717, 1.165) is 25.9 Å². The topological polar surface area (TPSA) is 23.6 Å². The summed E-state index contributed by atoms with van der Waals surface area (Å²) in [4.78, 5) is 16.0. The average Bonchev–Trinajstić information content (AvgIpc) is 2.85. The number of hydrogen-bond donors (Lipinski definition) is 0. The molecule has 1 heterocycles. The second-order valence-corrected chi connectivity index (χ2v) is 5.47. The molecule has 0 aromatic heterocycles. The van der Waals surface area contributed by atoms with Crippen LogP contribution in [0.15, 0.2) is 0 Å². The summed E-state index contributed by atoms with van der Waals surface area (Å²) in [5, 5.41) is 0. The molecule has 1 amide bonds. The molecule has 0 radical (unpaired) electrons. The van der Waals surface area contributed by atoms with Crippen LogP contribution in [0.1, 0.15) is 58.8 Å². The molecule has 0 N–H and O–H groups in total. The fourth-order valence-corrected chi connectivity index (χ4v) is 2.60.